The Kier molecular flexibility index (Phi) is 10.1. The molecule has 0 aliphatic heterocycles. The first kappa shape index (κ1) is 26.6. The number of benzene rings is 2. The van der Waals surface area contributed by atoms with Crippen LogP contribution < -0.4 is 30.0 Å². The van der Waals surface area contributed by atoms with Crippen LogP contribution in [0.15, 0.2) is 30.3 Å². The molecule has 2 aromatic carbocycles. The molecular formula is C25H35ClN2O5. The molecule has 3 rings (SSSR count). The van der Waals surface area contributed by atoms with Gasteiger partial charge in [0.25, 0.3) is 5.91 Å². The molecule has 1 saturated carbocycles. The number of amides is 1. The van der Waals surface area contributed by atoms with E-state index >= 15 is 0 Å². The Bertz CT molecular complexity index is 912. The van der Waals surface area contributed by atoms with Gasteiger partial charge in [-0.25, -0.2) is 0 Å². The molecule has 0 bridgehead atoms. The number of ether oxygens (including phenoxy) is 4. The number of hydrogen-bond acceptors (Lipinski definition) is 6. The highest BCUT2D eigenvalue weighted by atomic mass is 35.5. The standard InChI is InChI=1S/C25H34N2O5.ClH/c1-16-5-9-18(10-6-16)27-25(28)20-15-21(23(30-3)24(31-4)22(20)29-2)32-19-11-7-17(8-12-19)13-14-26;/h7-8,11-12,15-16,18H,5-6,9-10,13-14,26H2,1-4H3,(H,27,28);1H. The number of halogens is 1. The Labute approximate surface area is 202 Å². The minimum absolute atomic E-state index is 0. The quantitative estimate of drug-likeness (QED) is 0.541. The lowest BCUT2D eigenvalue weighted by Crippen LogP contribution is -2.37. The first-order chi connectivity index (χ1) is 15.5. The molecule has 7 nitrogen and oxygen atoms in total. The third-order valence-corrected chi connectivity index (χ3v) is 5.95. The zero-order chi connectivity index (χ0) is 23.1. The summed E-state index contributed by atoms with van der Waals surface area (Å²) in [6.45, 7) is 2.84. The summed E-state index contributed by atoms with van der Waals surface area (Å²) in [5.74, 6) is 2.47. The van der Waals surface area contributed by atoms with Gasteiger partial charge in [0.05, 0.1) is 26.9 Å². The van der Waals surface area contributed by atoms with Gasteiger partial charge in [-0.2, -0.15) is 0 Å². The third-order valence-electron chi connectivity index (χ3n) is 5.95. The smallest absolute Gasteiger partial charge is 0.255 e. The van der Waals surface area contributed by atoms with Crippen molar-refractivity contribution >= 4 is 18.3 Å². The van der Waals surface area contributed by atoms with E-state index in [-0.39, 0.29) is 24.4 Å². The molecule has 8 heteroatoms. The van der Waals surface area contributed by atoms with E-state index in [1.165, 1.54) is 21.3 Å². The number of hydrogen-bond donors (Lipinski definition) is 2. The summed E-state index contributed by atoms with van der Waals surface area (Å²) in [5.41, 5.74) is 7.10. The molecular weight excluding hydrogens is 444 g/mol. The van der Waals surface area contributed by atoms with Crippen molar-refractivity contribution in [3.63, 3.8) is 0 Å². The van der Waals surface area contributed by atoms with Gasteiger partial charge in [-0.1, -0.05) is 19.1 Å². The number of carbonyl (C=O) groups is 1. The Hall–Kier alpha value is -2.64. The van der Waals surface area contributed by atoms with Gasteiger partial charge in [-0.15, -0.1) is 12.4 Å². The second kappa shape index (κ2) is 12.6. The van der Waals surface area contributed by atoms with Crippen molar-refractivity contribution in [1.29, 1.82) is 0 Å². The second-order valence-electron chi connectivity index (χ2n) is 8.24. The minimum Gasteiger partial charge on any atom is -0.492 e. The number of methoxy groups -OCH3 is 3. The van der Waals surface area contributed by atoms with Gasteiger partial charge >= 0.3 is 0 Å². The van der Waals surface area contributed by atoms with Crippen LogP contribution in [0, 0.1) is 5.92 Å². The molecule has 0 spiro atoms. The zero-order valence-corrected chi connectivity index (χ0v) is 20.6. The molecule has 33 heavy (non-hydrogen) atoms. The lowest BCUT2D eigenvalue weighted by Gasteiger charge is -2.27. The fourth-order valence-corrected chi connectivity index (χ4v) is 4.11. The van der Waals surface area contributed by atoms with E-state index in [0.717, 1.165) is 37.7 Å². The summed E-state index contributed by atoms with van der Waals surface area (Å²) in [5, 5.41) is 3.15. The highest BCUT2D eigenvalue weighted by molar-refractivity contribution is 5.99. The van der Waals surface area contributed by atoms with Crippen molar-refractivity contribution < 1.29 is 23.7 Å². The van der Waals surface area contributed by atoms with Crippen molar-refractivity contribution in [3.8, 4) is 28.7 Å². The maximum absolute atomic E-state index is 13.2. The average molecular weight is 479 g/mol. The molecule has 2 aromatic rings. The van der Waals surface area contributed by atoms with E-state index in [0.29, 0.717) is 46.8 Å². The summed E-state index contributed by atoms with van der Waals surface area (Å²) in [7, 11) is 4.54. The summed E-state index contributed by atoms with van der Waals surface area (Å²) in [6, 6.07) is 9.46. The molecule has 0 atom stereocenters. The van der Waals surface area contributed by atoms with Crippen LogP contribution in [0.1, 0.15) is 48.5 Å². The zero-order valence-electron chi connectivity index (χ0n) is 19.8. The Morgan fingerprint density at radius 1 is 0.970 bits per heavy atom. The highest BCUT2D eigenvalue weighted by Gasteiger charge is 2.28. The van der Waals surface area contributed by atoms with Crippen LogP contribution in [0.2, 0.25) is 0 Å². The summed E-state index contributed by atoms with van der Waals surface area (Å²) >= 11 is 0. The third kappa shape index (κ3) is 6.45. The molecule has 0 saturated heterocycles. The molecule has 0 unspecified atom stereocenters. The predicted octanol–water partition coefficient (Wildman–Crippen LogP) is 4.74. The molecule has 182 valence electrons. The maximum atomic E-state index is 13.2. The van der Waals surface area contributed by atoms with Gasteiger partial charge in [0.2, 0.25) is 11.5 Å². The van der Waals surface area contributed by atoms with Gasteiger partial charge in [0.15, 0.2) is 11.5 Å². The lowest BCUT2D eigenvalue weighted by molar-refractivity contribution is 0.0918. The highest BCUT2D eigenvalue weighted by Crippen LogP contribution is 2.48. The van der Waals surface area contributed by atoms with Crippen LogP contribution in [0.4, 0.5) is 0 Å². The maximum Gasteiger partial charge on any atom is 0.255 e. The lowest BCUT2D eigenvalue weighted by atomic mass is 9.87. The van der Waals surface area contributed by atoms with Crippen LogP contribution in [-0.2, 0) is 6.42 Å². The molecule has 0 radical (unpaired) electrons. The van der Waals surface area contributed by atoms with Crippen LogP contribution in [-0.4, -0.2) is 39.8 Å². The number of carbonyl (C=O) groups excluding carboxylic acids is 1. The van der Waals surface area contributed by atoms with Gasteiger partial charge in [-0.3, -0.25) is 4.79 Å². The van der Waals surface area contributed by atoms with Crippen molar-refractivity contribution in [2.75, 3.05) is 27.9 Å². The molecule has 1 amide bonds. The summed E-state index contributed by atoms with van der Waals surface area (Å²) < 4.78 is 22.8. The van der Waals surface area contributed by atoms with Crippen LogP contribution in [0.3, 0.4) is 0 Å². The molecule has 1 aliphatic rings. The first-order valence-corrected chi connectivity index (χ1v) is 11.1. The van der Waals surface area contributed by atoms with Crippen molar-refractivity contribution in [1.82, 2.24) is 5.32 Å². The van der Waals surface area contributed by atoms with E-state index in [2.05, 4.69) is 12.2 Å². The van der Waals surface area contributed by atoms with Gasteiger partial charge in [0.1, 0.15) is 5.75 Å². The van der Waals surface area contributed by atoms with E-state index in [9.17, 15) is 4.79 Å². The molecule has 0 aromatic heterocycles. The SMILES string of the molecule is COc1c(Oc2ccc(CCN)cc2)cc(C(=O)NC2CCC(C)CC2)c(OC)c1OC.Cl. The fourth-order valence-electron chi connectivity index (χ4n) is 4.11. The van der Waals surface area contributed by atoms with Crippen molar-refractivity contribution in [2.45, 2.75) is 45.1 Å². The molecule has 1 aliphatic carbocycles. The largest absolute Gasteiger partial charge is 0.492 e. The first-order valence-electron chi connectivity index (χ1n) is 11.1. The predicted molar refractivity (Wildman–Crippen MR) is 132 cm³/mol. The van der Waals surface area contributed by atoms with E-state index in [1.54, 1.807) is 6.07 Å². The number of rotatable bonds is 9. The fraction of sp³-hybridized carbons (Fsp3) is 0.480. The Balaban J connectivity index is 0.00000385. The van der Waals surface area contributed by atoms with Crippen LogP contribution >= 0.6 is 12.4 Å². The number of nitrogens with one attached hydrogen (secondary N) is 1. The van der Waals surface area contributed by atoms with Crippen molar-refractivity contribution in [3.05, 3.63) is 41.5 Å². The summed E-state index contributed by atoms with van der Waals surface area (Å²) in [4.78, 5) is 13.2. The van der Waals surface area contributed by atoms with Crippen LogP contribution in [0.5, 0.6) is 28.7 Å². The van der Waals surface area contributed by atoms with Crippen molar-refractivity contribution in [2.24, 2.45) is 11.7 Å². The molecule has 3 N–H and O–H groups in total. The molecule has 0 heterocycles. The Morgan fingerprint density at radius 2 is 1.58 bits per heavy atom. The van der Waals surface area contributed by atoms with E-state index in [4.69, 9.17) is 24.7 Å². The molecule has 1 fully saturated rings. The minimum atomic E-state index is -0.217. The average Bonchev–Trinajstić information content (AvgIpc) is 2.81. The second-order valence-corrected chi connectivity index (χ2v) is 8.24. The monoisotopic (exact) mass is 478 g/mol. The summed E-state index contributed by atoms with van der Waals surface area (Å²) in [6.07, 6.45) is 4.97. The van der Waals surface area contributed by atoms with Crippen LogP contribution in [0.25, 0.3) is 0 Å². The normalized spacial score (nSPS) is 17.5. The van der Waals surface area contributed by atoms with E-state index in [1.807, 2.05) is 24.3 Å². The van der Waals surface area contributed by atoms with Gasteiger partial charge in [0, 0.05) is 12.1 Å². The van der Waals surface area contributed by atoms with Gasteiger partial charge < -0.3 is 30.0 Å². The van der Waals surface area contributed by atoms with E-state index < -0.39 is 0 Å². The van der Waals surface area contributed by atoms with Gasteiger partial charge in [-0.05, 0) is 62.3 Å². The Morgan fingerprint density at radius 3 is 2.12 bits per heavy atom. The number of nitrogens with two attached hydrogens (primary N) is 1. The topological polar surface area (TPSA) is 92.0 Å².